The monoisotopic (exact) mass is 376 g/mol. The summed E-state index contributed by atoms with van der Waals surface area (Å²) in [6.07, 6.45) is 15.7. The zero-order valence-corrected chi connectivity index (χ0v) is 16.9. The van der Waals surface area contributed by atoms with Gasteiger partial charge in [-0.25, -0.2) is 4.79 Å². The van der Waals surface area contributed by atoms with Crippen LogP contribution in [-0.4, -0.2) is 29.9 Å². The lowest BCUT2D eigenvalue weighted by Gasteiger charge is -2.57. The Morgan fingerprint density at radius 2 is 1.74 bits per heavy atom. The first-order valence-corrected chi connectivity index (χ1v) is 11.1. The van der Waals surface area contributed by atoms with Crippen molar-refractivity contribution in [2.45, 2.75) is 89.6 Å². The van der Waals surface area contributed by atoms with Crippen LogP contribution in [0.5, 0.6) is 0 Å². The normalized spacial score (nSPS) is 40.0. The Morgan fingerprint density at radius 3 is 2.26 bits per heavy atom. The van der Waals surface area contributed by atoms with E-state index in [1.54, 1.807) is 6.26 Å². The first-order valence-electron chi connectivity index (χ1n) is 11.1. The molecule has 1 atom stereocenters. The van der Waals surface area contributed by atoms with Crippen LogP contribution in [0.15, 0.2) is 11.8 Å². The molecule has 4 bridgehead atoms. The number of aliphatic carboxylic acids is 1. The van der Waals surface area contributed by atoms with Crippen molar-refractivity contribution in [2.75, 3.05) is 13.2 Å². The van der Waals surface area contributed by atoms with Crippen LogP contribution in [0.2, 0.25) is 0 Å². The molecule has 4 nitrogen and oxygen atoms in total. The highest BCUT2D eigenvalue weighted by Gasteiger charge is 2.51. The van der Waals surface area contributed by atoms with E-state index in [4.69, 9.17) is 9.47 Å². The van der Waals surface area contributed by atoms with Crippen LogP contribution >= 0.6 is 0 Å². The summed E-state index contributed by atoms with van der Waals surface area (Å²) in [4.78, 5) is 11.8. The molecular formula is C23H36O4. The Balaban J connectivity index is 1.21. The number of rotatable bonds is 10. The van der Waals surface area contributed by atoms with Gasteiger partial charge in [-0.1, -0.05) is 6.42 Å². The zero-order chi connectivity index (χ0) is 18.9. The molecule has 1 unspecified atom stereocenters. The summed E-state index contributed by atoms with van der Waals surface area (Å²) in [6.45, 7) is 3.72. The summed E-state index contributed by atoms with van der Waals surface area (Å²) in [5.41, 5.74) is 0.864. The largest absolute Gasteiger partial charge is 0.501 e. The highest BCUT2D eigenvalue weighted by Crippen LogP contribution is 2.62. The van der Waals surface area contributed by atoms with Crippen molar-refractivity contribution < 1.29 is 19.4 Å². The molecule has 0 amide bonds. The Bertz CT molecular complexity index is 540. The predicted molar refractivity (Wildman–Crippen MR) is 104 cm³/mol. The molecule has 0 aromatic rings. The van der Waals surface area contributed by atoms with Crippen LogP contribution in [0, 0.1) is 23.2 Å². The molecule has 152 valence electrons. The van der Waals surface area contributed by atoms with Gasteiger partial charge in [-0.05, 0) is 101 Å². The molecule has 27 heavy (non-hydrogen) atoms. The van der Waals surface area contributed by atoms with Crippen LogP contribution in [0.1, 0.15) is 84.0 Å². The average molecular weight is 377 g/mol. The molecule has 1 N–H and O–H groups in total. The first kappa shape index (κ1) is 19.3. The lowest BCUT2D eigenvalue weighted by atomic mass is 9.48. The Hall–Kier alpha value is -1.03. The zero-order valence-electron chi connectivity index (χ0n) is 16.9. The van der Waals surface area contributed by atoms with E-state index in [0.717, 1.165) is 50.0 Å². The van der Waals surface area contributed by atoms with E-state index in [0.29, 0.717) is 18.6 Å². The molecule has 5 rings (SSSR count). The maximum absolute atomic E-state index is 11.8. The van der Waals surface area contributed by atoms with E-state index in [1.807, 2.05) is 0 Å². The minimum absolute atomic E-state index is 0.120. The third kappa shape index (κ3) is 4.52. The van der Waals surface area contributed by atoms with Gasteiger partial charge in [0.1, 0.15) is 0 Å². The molecule has 1 saturated heterocycles. The molecule has 5 fully saturated rings. The minimum Gasteiger partial charge on any atom is -0.501 e. The summed E-state index contributed by atoms with van der Waals surface area (Å²) >= 11 is 0. The fourth-order valence-corrected chi connectivity index (χ4v) is 6.75. The van der Waals surface area contributed by atoms with Crippen LogP contribution < -0.4 is 0 Å². The Kier molecular flexibility index (Phi) is 5.55. The smallest absolute Gasteiger partial charge is 0.334 e. The van der Waals surface area contributed by atoms with Crippen LogP contribution in [0.4, 0.5) is 0 Å². The fraction of sp³-hybridized carbons (Fsp3) is 0.870. The van der Waals surface area contributed by atoms with Crippen molar-refractivity contribution in [3.63, 3.8) is 0 Å². The van der Waals surface area contributed by atoms with Gasteiger partial charge in [0.15, 0.2) is 0 Å². The SMILES string of the molecule is CC1(CCCCCOC=C(CC23CC4CC(CC(C4)C2)C3)C(=O)O)CCO1. The molecular weight excluding hydrogens is 340 g/mol. The predicted octanol–water partition coefficient (Wildman–Crippen LogP) is 5.32. The number of carboxylic acid groups (broad SMARTS) is 1. The fourth-order valence-electron chi connectivity index (χ4n) is 6.75. The van der Waals surface area contributed by atoms with Crippen molar-refractivity contribution in [2.24, 2.45) is 23.2 Å². The number of carbonyl (C=O) groups is 1. The maximum atomic E-state index is 11.8. The molecule has 0 spiro atoms. The molecule has 1 aliphatic heterocycles. The highest BCUT2D eigenvalue weighted by atomic mass is 16.5. The number of hydrogen-bond acceptors (Lipinski definition) is 3. The molecule has 1 heterocycles. The van der Waals surface area contributed by atoms with Gasteiger partial charge in [0, 0.05) is 0 Å². The molecule has 4 heteroatoms. The van der Waals surface area contributed by atoms with Crippen molar-refractivity contribution in [3.8, 4) is 0 Å². The summed E-state index contributed by atoms with van der Waals surface area (Å²) in [6, 6.07) is 0. The van der Waals surface area contributed by atoms with Gasteiger partial charge in [0.2, 0.25) is 0 Å². The number of carboxylic acids is 1. The van der Waals surface area contributed by atoms with E-state index in [2.05, 4.69) is 6.92 Å². The summed E-state index contributed by atoms with van der Waals surface area (Å²) in [5, 5.41) is 9.68. The topological polar surface area (TPSA) is 55.8 Å². The summed E-state index contributed by atoms with van der Waals surface area (Å²) < 4.78 is 11.3. The second-order valence-corrected chi connectivity index (χ2v) is 10.3. The minimum atomic E-state index is -0.791. The van der Waals surface area contributed by atoms with Gasteiger partial charge in [0.25, 0.3) is 0 Å². The number of ether oxygens (including phenoxy) is 2. The van der Waals surface area contributed by atoms with E-state index >= 15 is 0 Å². The molecule has 4 saturated carbocycles. The Morgan fingerprint density at radius 1 is 1.11 bits per heavy atom. The van der Waals surface area contributed by atoms with Crippen LogP contribution in [-0.2, 0) is 14.3 Å². The number of unbranched alkanes of at least 4 members (excludes halogenated alkanes) is 2. The van der Waals surface area contributed by atoms with Crippen LogP contribution in [0.25, 0.3) is 0 Å². The summed E-state index contributed by atoms with van der Waals surface area (Å²) in [7, 11) is 0. The van der Waals surface area contributed by atoms with Gasteiger partial charge in [0.05, 0.1) is 30.6 Å². The molecule has 0 radical (unpaired) electrons. The van der Waals surface area contributed by atoms with E-state index in [9.17, 15) is 9.90 Å². The van der Waals surface area contributed by atoms with Crippen molar-refractivity contribution in [3.05, 3.63) is 11.8 Å². The highest BCUT2D eigenvalue weighted by molar-refractivity contribution is 5.86. The molecule has 5 aliphatic rings. The van der Waals surface area contributed by atoms with Gasteiger partial charge < -0.3 is 14.6 Å². The van der Waals surface area contributed by atoms with Gasteiger partial charge in [-0.2, -0.15) is 0 Å². The maximum Gasteiger partial charge on any atom is 0.334 e. The second kappa shape index (κ2) is 7.77. The third-order valence-corrected chi connectivity index (χ3v) is 7.78. The molecule has 4 aliphatic carbocycles. The van der Waals surface area contributed by atoms with Crippen molar-refractivity contribution >= 4 is 5.97 Å². The van der Waals surface area contributed by atoms with E-state index < -0.39 is 5.97 Å². The van der Waals surface area contributed by atoms with Crippen molar-refractivity contribution in [1.82, 2.24) is 0 Å². The first-order chi connectivity index (χ1) is 13.0. The van der Waals surface area contributed by atoms with Gasteiger partial charge in [-0.15, -0.1) is 0 Å². The Labute approximate surface area is 163 Å². The third-order valence-electron chi connectivity index (χ3n) is 7.78. The standard InChI is InChI=1S/C23H36O4/c1-22(6-8-27-22)5-3-2-4-7-26-16-20(21(24)25)15-23-12-17-9-18(13-23)11-19(10-17)14-23/h16-19H,2-15H2,1H3,(H,24,25). The summed E-state index contributed by atoms with van der Waals surface area (Å²) in [5.74, 6) is 1.77. The number of hydrogen-bond donors (Lipinski definition) is 1. The second-order valence-electron chi connectivity index (χ2n) is 10.3. The van der Waals surface area contributed by atoms with Gasteiger partial charge in [-0.3, -0.25) is 0 Å². The molecule has 0 aromatic carbocycles. The van der Waals surface area contributed by atoms with Crippen LogP contribution in [0.3, 0.4) is 0 Å². The van der Waals surface area contributed by atoms with E-state index in [-0.39, 0.29) is 11.0 Å². The van der Waals surface area contributed by atoms with Gasteiger partial charge >= 0.3 is 5.97 Å². The van der Waals surface area contributed by atoms with E-state index in [1.165, 1.54) is 44.9 Å². The lowest BCUT2D eigenvalue weighted by Crippen LogP contribution is -2.46. The molecule has 0 aromatic heterocycles. The lowest BCUT2D eigenvalue weighted by molar-refractivity contribution is -0.139. The average Bonchev–Trinajstić information content (AvgIpc) is 2.56. The quantitative estimate of drug-likeness (QED) is 0.319. The van der Waals surface area contributed by atoms with Crippen molar-refractivity contribution in [1.29, 1.82) is 0 Å².